The Hall–Kier alpha value is -2.95. The van der Waals surface area contributed by atoms with Crippen LogP contribution in [-0.2, 0) is 19.3 Å². The summed E-state index contributed by atoms with van der Waals surface area (Å²) in [6.07, 6.45) is 2.44. The monoisotopic (exact) mass is 502 g/mol. The molecule has 2 aromatic rings. The molecule has 184 valence electrons. The van der Waals surface area contributed by atoms with Crippen LogP contribution >= 0.6 is 0 Å². The van der Waals surface area contributed by atoms with Crippen molar-refractivity contribution < 1.29 is 45.0 Å². The molecule has 0 heterocycles. The van der Waals surface area contributed by atoms with Crippen molar-refractivity contribution in [3.8, 4) is 11.1 Å². The third kappa shape index (κ3) is 4.66. The van der Waals surface area contributed by atoms with Crippen molar-refractivity contribution in [3.63, 3.8) is 0 Å². The minimum atomic E-state index is -6.04. The summed E-state index contributed by atoms with van der Waals surface area (Å²) in [5.41, 5.74) is -7.34. The summed E-state index contributed by atoms with van der Waals surface area (Å²) in [6.45, 7) is 1.12. The SMILES string of the molecule is CCOC(=O)c1c(S(=O)(=O)C(F)(F)F)cc(C2CCCC2)c(C(=O)OC)c1-c1ccc(F)cc1. The highest BCUT2D eigenvalue weighted by molar-refractivity contribution is 7.92. The molecule has 0 amide bonds. The van der Waals surface area contributed by atoms with Crippen molar-refractivity contribution in [1.82, 2.24) is 0 Å². The fourth-order valence-corrected chi connectivity index (χ4v) is 5.19. The van der Waals surface area contributed by atoms with Crippen LogP contribution in [0.4, 0.5) is 17.6 Å². The van der Waals surface area contributed by atoms with Crippen LogP contribution in [0.5, 0.6) is 0 Å². The van der Waals surface area contributed by atoms with Gasteiger partial charge in [0.15, 0.2) is 0 Å². The van der Waals surface area contributed by atoms with E-state index < -0.39 is 55.0 Å². The molecule has 1 saturated carbocycles. The standard InChI is InChI=1S/C23H22F4O6S/c1-3-33-22(29)20-17(34(30,31)23(25,26)27)12-16(13-6-4-5-7-13)19(21(28)32-2)18(20)14-8-10-15(24)11-9-14/h8-13H,3-7H2,1-2H3. The van der Waals surface area contributed by atoms with Gasteiger partial charge in [-0.2, -0.15) is 13.2 Å². The maximum Gasteiger partial charge on any atom is 0.501 e. The van der Waals surface area contributed by atoms with Crippen molar-refractivity contribution in [2.75, 3.05) is 13.7 Å². The van der Waals surface area contributed by atoms with Crippen LogP contribution in [0, 0.1) is 5.82 Å². The second kappa shape index (κ2) is 9.73. The first-order valence-corrected chi connectivity index (χ1v) is 12.0. The Morgan fingerprint density at radius 1 is 1.03 bits per heavy atom. The third-order valence-electron chi connectivity index (χ3n) is 5.71. The zero-order valence-corrected chi connectivity index (χ0v) is 19.2. The van der Waals surface area contributed by atoms with E-state index in [-0.39, 0.29) is 23.3 Å². The number of hydrogen-bond acceptors (Lipinski definition) is 6. The van der Waals surface area contributed by atoms with Crippen LogP contribution in [0.2, 0.25) is 0 Å². The van der Waals surface area contributed by atoms with E-state index in [0.717, 1.165) is 50.3 Å². The second-order valence-corrected chi connectivity index (χ2v) is 9.65. The fourth-order valence-electron chi connectivity index (χ4n) is 4.21. The number of carbonyl (C=O) groups is 2. The fraction of sp³-hybridized carbons (Fsp3) is 0.391. The minimum Gasteiger partial charge on any atom is -0.465 e. The Balaban J connectivity index is 2.58. The van der Waals surface area contributed by atoms with Crippen molar-refractivity contribution in [3.05, 3.63) is 52.8 Å². The Morgan fingerprint density at radius 3 is 2.12 bits per heavy atom. The number of methoxy groups -OCH3 is 1. The Bertz CT molecular complexity index is 1200. The lowest BCUT2D eigenvalue weighted by molar-refractivity contribution is -0.0436. The molecule has 1 aliphatic rings. The van der Waals surface area contributed by atoms with Crippen molar-refractivity contribution in [1.29, 1.82) is 0 Å². The van der Waals surface area contributed by atoms with Gasteiger partial charge in [-0.3, -0.25) is 0 Å². The average Bonchev–Trinajstić information content (AvgIpc) is 3.32. The lowest BCUT2D eigenvalue weighted by Crippen LogP contribution is -2.27. The summed E-state index contributed by atoms with van der Waals surface area (Å²) in [5, 5.41) is 0. The van der Waals surface area contributed by atoms with Gasteiger partial charge in [-0.1, -0.05) is 25.0 Å². The molecule has 0 bridgehead atoms. The normalized spacial score (nSPS) is 14.8. The predicted octanol–water partition coefficient (Wildman–Crippen LogP) is 5.41. The van der Waals surface area contributed by atoms with Crippen molar-refractivity contribution in [2.24, 2.45) is 0 Å². The molecule has 0 saturated heterocycles. The summed E-state index contributed by atoms with van der Waals surface area (Å²) in [6, 6.07) is 4.98. The van der Waals surface area contributed by atoms with E-state index in [4.69, 9.17) is 9.47 Å². The smallest absolute Gasteiger partial charge is 0.465 e. The van der Waals surface area contributed by atoms with Crippen LogP contribution in [0.3, 0.4) is 0 Å². The average molecular weight is 502 g/mol. The number of sulfone groups is 1. The van der Waals surface area contributed by atoms with E-state index in [9.17, 15) is 35.6 Å². The number of halogens is 4. The summed E-state index contributed by atoms with van der Waals surface area (Å²) >= 11 is 0. The largest absolute Gasteiger partial charge is 0.501 e. The van der Waals surface area contributed by atoms with Gasteiger partial charge in [-0.25, -0.2) is 22.4 Å². The van der Waals surface area contributed by atoms with Crippen molar-refractivity contribution in [2.45, 2.75) is 48.9 Å². The molecule has 6 nitrogen and oxygen atoms in total. The van der Waals surface area contributed by atoms with Gasteiger partial charge in [0.1, 0.15) is 5.82 Å². The molecule has 2 aromatic carbocycles. The van der Waals surface area contributed by atoms with Crippen LogP contribution in [0.25, 0.3) is 11.1 Å². The van der Waals surface area contributed by atoms with Gasteiger partial charge in [-0.15, -0.1) is 0 Å². The van der Waals surface area contributed by atoms with Gasteiger partial charge in [0.05, 0.1) is 29.7 Å². The topological polar surface area (TPSA) is 86.7 Å². The molecule has 1 fully saturated rings. The summed E-state index contributed by atoms with van der Waals surface area (Å²) < 4.78 is 89.7. The van der Waals surface area contributed by atoms with E-state index in [1.807, 2.05) is 0 Å². The first-order chi connectivity index (χ1) is 15.9. The number of esters is 2. The van der Waals surface area contributed by atoms with E-state index in [1.165, 1.54) is 6.92 Å². The highest BCUT2D eigenvalue weighted by atomic mass is 32.2. The summed E-state index contributed by atoms with van der Waals surface area (Å²) in [4.78, 5) is 24.5. The van der Waals surface area contributed by atoms with Gasteiger partial charge >= 0.3 is 17.4 Å². The molecule has 0 radical (unpaired) electrons. The molecule has 0 N–H and O–H groups in total. The van der Waals surface area contributed by atoms with Gasteiger partial charge in [0.25, 0.3) is 9.84 Å². The molecule has 3 rings (SSSR count). The molecular weight excluding hydrogens is 480 g/mol. The highest BCUT2D eigenvalue weighted by Gasteiger charge is 2.50. The molecule has 0 aliphatic heterocycles. The van der Waals surface area contributed by atoms with Crippen LogP contribution in [0.1, 0.15) is 64.8 Å². The third-order valence-corrected chi connectivity index (χ3v) is 7.22. The predicted molar refractivity (Wildman–Crippen MR) is 114 cm³/mol. The Labute approximate surface area is 193 Å². The van der Waals surface area contributed by atoms with Crippen LogP contribution in [0.15, 0.2) is 35.2 Å². The summed E-state index contributed by atoms with van der Waals surface area (Å²) in [7, 11) is -4.98. The minimum absolute atomic E-state index is 0.0274. The van der Waals surface area contributed by atoms with Crippen LogP contribution in [-0.4, -0.2) is 39.6 Å². The molecule has 0 aromatic heterocycles. The second-order valence-electron chi connectivity index (χ2n) is 7.74. The van der Waals surface area contributed by atoms with E-state index >= 15 is 0 Å². The molecule has 0 unspecified atom stereocenters. The lowest BCUT2D eigenvalue weighted by Gasteiger charge is -2.23. The first kappa shape index (κ1) is 25.7. The maximum atomic E-state index is 13.7. The van der Waals surface area contributed by atoms with Gasteiger partial charge < -0.3 is 9.47 Å². The van der Waals surface area contributed by atoms with Gasteiger partial charge in [-0.05, 0) is 55.0 Å². The molecule has 11 heteroatoms. The van der Waals surface area contributed by atoms with E-state index in [1.54, 1.807) is 0 Å². The van der Waals surface area contributed by atoms with Gasteiger partial charge in [0, 0.05) is 5.56 Å². The number of ether oxygens (including phenoxy) is 2. The quantitative estimate of drug-likeness (QED) is 0.388. The molecular formula is C23H22F4O6S. The molecule has 0 spiro atoms. The number of hydrogen-bond donors (Lipinski definition) is 0. The van der Waals surface area contributed by atoms with E-state index in [0.29, 0.717) is 12.8 Å². The number of rotatable bonds is 6. The molecule has 0 atom stereocenters. The molecule has 34 heavy (non-hydrogen) atoms. The van der Waals surface area contributed by atoms with Gasteiger partial charge in [0.2, 0.25) is 0 Å². The number of benzene rings is 2. The maximum absolute atomic E-state index is 13.7. The first-order valence-electron chi connectivity index (χ1n) is 10.5. The number of alkyl halides is 3. The summed E-state index contributed by atoms with van der Waals surface area (Å²) in [5.74, 6) is -3.46. The zero-order valence-electron chi connectivity index (χ0n) is 18.4. The Morgan fingerprint density at radius 2 is 1.62 bits per heavy atom. The number of carbonyl (C=O) groups excluding carboxylic acids is 2. The zero-order chi connectivity index (χ0) is 25.3. The van der Waals surface area contributed by atoms with Crippen molar-refractivity contribution >= 4 is 21.8 Å². The Kier molecular flexibility index (Phi) is 7.35. The molecule has 1 aliphatic carbocycles. The lowest BCUT2D eigenvalue weighted by atomic mass is 9.85. The van der Waals surface area contributed by atoms with Crippen LogP contribution < -0.4 is 0 Å². The highest BCUT2D eigenvalue weighted by Crippen LogP contribution is 2.45. The van der Waals surface area contributed by atoms with E-state index in [2.05, 4.69) is 0 Å².